The molecular weight excluding hydrogens is 397 g/mol. The number of fused-ring (bicyclic) bond motifs is 1. The number of carbonyl (C=O) groups is 2. The van der Waals surface area contributed by atoms with Crippen LogP contribution in [0, 0.1) is 5.82 Å². The van der Waals surface area contributed by atoms with Gasteiger partial charge in [-0.05, 0) is 56.0 Å². The van der Waals surface area contributed by atoms with Crippen LogP contribution in [0.3, 0.4) is 0 Å². The number of carbonyl (C=O) groups excluding carboxylic acids is 2. The van der Waals surface area contributed by atoms with Crippen molar-refractivity contribution in [3.63, 3.8) is 0 Å². The zero-order valence-electron chi connectivity index (χ0n) is 12.9. The summed E-state index contributed by atoms with van der Waals surface area (Å²) in [5.74, 6) is -1.66. The fraction of sp³-hybridized carbons (Fsp3) is 0.294. The minimum absolute atomic E-state index is 0.0428. The van der Waals surface area contributed by atoms with E-state index in [4.69, 9.17) is 4.74 Å². The molecule has 0 spiro atoms. The summed E-state index contributed by atoms with van der Waals surface area (Å²) in [5, 5.41) is 2.42. The molecule has 0 bridgehead atoms. The van der Waals surface area contributed by atoms with Gasteiger partial charge in [-0.15, -0.1) is 11.3 Å². The molecule has 24 heavy (non-hydrogen) atoms. The number of aryl methyl sites for hydroxylation is 2. The molecule has 1 atom stereocenters. The van der Waals surface area contributed by atoms with E-state index in [1.54, 1.807) is 6.07 Å². The Labute approximate surface area is 151 Å². The van der Waals surface area contributed by atoms with Crippen LogP contribution >= 0.6 is 27.3 Å². The summed E-state index contributed by atoms with van der Waals surface area (Å²) in [7, 11) is 0. The summed E-state index contributed by atoms with van der Waals surface area (Å²) >= 11 is 4.57. The zero-order valence-corrected chi connectivity index (χ0v) is 15.3. The van der Waals surface area contributed by atoms with E-state index in [0.717, 1.165) is 19.3 Å². The van der Waals surface area contributed by atoms with Crippen molar-refractivity contribution in [1.82, 2.24) is 0 Å². The van der Waals surface area contributed by atoms with Crippen LogP contribution in [0.1, 0.15) is 33.5 Å². The second-order valence-corrected chi connectivity index (χ2v) is 7.63. The molecule has 126 valence electrons. The third-order valence-corrected chi connectivity index (χ3v) is 5.50. The number of rotatable bonds is 4. The van der Waals surface area contributed by atoms with Gasteiger partial charge in [0, 0.05) is 9.35 Å². The SMILES string of the molecule is C[C@H](OC(=O)c1cc2c(s1)CCC2)C(=O)Nc1ccc(Br)cc1F. The topological polar surface area (TPSA) is 55.4 Å². The first-order valence-electron chi connectivity index (χ1n) is 7.52. The third-order valence-electron chi connectivity index (χ3n) is 3.79. The standard InChI is InChI=1S/C17H15BrFNO3S/c1-9(16(21)20-13-6-5-11(18)8-12(13)19)23-17(22)15-7-10-3-2-4-14(10)24-15/h5-9H,2-4H2,1H3,(H,20,21)/t9-/m0/s1. The van der Waals surface area contributed by atoms with Crippen molar-refractivity contribution in [1.29, 1.82) is 0 Å². The first kappa shape index (κ1) is 17.1. The predicted octanol–water partition coefficient (Wildman–Crippen LogP) is 4.32. The van der Waals surface area contributed by atoms with Crippen LogP contribution in [0.2, 0.25) is 0 Å². The maximum absolute atomic E-state index is 13.7. The molecule has 1 amide bonds. The first-order chi connectivity index (χ1) is 11.4. The number of anilines is 1. The van der Waals surface area contributed by atoms with Gasteiger partial charge in [0.25, 0.3) is 5.91 Å². The quantitative estimate of drug-likeness (QED) is 0.761. The lowest BCUT2D eigenvalue weighted by atomic mass is 10.2. The Morgan fingerprint density at radius 1 is 1.33 bits per heavy atom. The molecule has 0 fully saturated rings. The molecule has 1 N–H and O–H groups in total. The van der Waals surface area contributed by atoms with Crippen molar-refractivity contribution in [2.45, 2.75) is 32.3 Å². The van der Waals surface area contributed by atoms with E-state index < -0.39 is 23.8 Å². The molecule has 1 heterocycles. The van der Waals surface area contributed by atoms with Gasteiger partial charge in [-0.2, -0.15) is 0 Å². The van der Waals surface area contributed by atoms with Crippen molar-refractivity contribution in [3.05, 3.63) is 49.9 Å². The average molecular weight is 412 g/mol. The Kier molecular flexibility index (Phi) is 5.01. The number of thiophene rings is 1. The Hall–Kier alpha value is -1.73. The first-order valence-corrected chi connectivity index (χ1v) is 9.13. The average Bonchev–Trinajstić information content (AvgIpc) is 3.11. The predicted molar refractivity (Wildman–Crippen MR) is 94.0 cm³/mol. The van der Waals surface area contributed by atoms with Crippen molar-refractivity contribution in [2.75, 3.05) is 5.32 Å². The largest absolute Gasteiger partial charge is 0.448 e. The minimum Gasteiger partial charge on any atom is -0.448 e. The minimum atomic E-state index is -1.02. The van der Waals surface area contributed by atoms with E-state index in [1.165, 1.54) is 40.8 Å². The van der Waals surface area contributed by atoms with Crippen LogP contribution < -0.4 is 5.32 Å². The molecule has 0 saturated heterocycles. The molecule has 1 aliphatic rings. The summed E-state index contributed by atoms with van der Waals surface area (Å²) in [6.45, 7) is 1.46. The van der Waals surface area contributed by atoms with Gasteiger partial charge in [-0.3, -0.25) is 4.79 Å². The number of halogens is 2. The molecule has 2 aromatic rings. The highest BCUT2D eigenvalue weighted by atomic mass is 79.9. The lowest BCUT2D eigenvalue weighted by Gasteiger charge is -2.13. The number of esters is 1. The van der Waals surface area contributed by atoms with Crippen LogP contribution in [-0.2, 0) is 22.4 Å². The highest BCUT2D eigenvalue weighted by Crippen LogP contribution is 2.31. The Morgan fingerprint density at radius 2 is 2.12 bits per heavy atom. The van der Waals surface area contributed by atoms with E-state index in [0.29, 0.717) is 9.35 Å². The summed E-state index contributed by atoms with van der Waals surface area (Å²) in [6, 6.07) is 6.14. The Balaban J connectivity index is 1.61. The van der Waals surface area contributed by atoms with Gasteiger partial charge in [-0.1, -0.05) is 15.9 Å². The van der Waals surface area contributed by atoms with Crippen LogP contribution in [0.5, 0.6) is 0 Å². The van der Waals surface area contributed by atoms with Crippen LogP contribution in [0.15, 0.2) is 28.7 Å². The normalized spacial score (nSPS) is 14.1. The van der Waals surface area contributed by atoms with E-state index in [2.05, 4.69) is 21.2 Å². The smallest absolute Gasteiger partial charge is 0.349 e. The Morgan fingerprint density at radius 3 is 2.83 bits per heavy atom. The number of hydrogen-bond acceptors (Lipinski definition) is 4. The van der Waals surface area contributed by atoms with E-state index >= 15 is 0 Å². The van der Waals surface area contributed by atoms with E-state index in [-0.39, 0.29) is 5.69 Å². The number of ether oxygens (including phenoxy) is 1. The summed E-state index contributed by atoms with van der Waals surface area (Å²) in [5.41, 5.74) is 1.24. The van der Waals surface area contributed by atoms with Crippen LogP contribution in [0.4, 0.5) is 10.1 Å². The van der Waals surface area contributed by atoms with Gasteiger partial charge >= 0.3 is 5.97 Å². The van der Waals surface area contributed by atoms with Crippen LogP contribution in [-0.4, -0.2) is 18.0 Å². The number of amides is 1. The third kappa shape index (κ3) is 3.67. The molecule has 0 aliphatic heterocycles. The lowest BCUT2D eigenvalue weighted by Crippen LogP contribution is -2.30. The second-order valence-electron chi connectivity index (χ2n) is 5.57. The maximum Gasteiger partial charge on any atom is 0.349 e. The van der Waals surface area contributed by atoms with Crippen molar-refractivity contribution in [2.24, 2.45) is 0 Å². The fourth-order valence-electron chi connectivity index (χ4n) is 2.53. The van der Waals surface area contributed by atoms with Gasteiger partial charge in [-0.25, -0.2) is 9.18 Å². The molecular formula is C17H15BrFNO3S. The van der Waals surface area contributed by atoms with E-state index in [9.17, 15) is 14.0 Å². The highest BCUT2D eigenvalue weighted by molar-refractivity contribution is 9.10. The monoisotopic (exact) mass is 411 g/mol. The summed E-state index contributed by atoms with van der Waals surface area (Å²) in [6.07, 6.45) is 2.08. The second kappa shape index (κ2) is 7.03. The fourth-order valence-corrected chi connectivity index (χ4v) is 4.00. The molecule has 1 aromatic carbocycles. The molecule has 0 unspecified atom stereocenters. The van der Waals surface area contributed by atoms with Crippen molar-refractivity contribution in [3.8, 4) is 0 Å². The van der Waals surface area contributed by atoms with Crippen molar-refractivity contribution >= 4 is 44.8 Å². The highest BCUT2D eigenvalue weighted by Gasteiger charge is 2.23. The zero-order chi connectivity index (χ0) is 17.3. The maximum atomic E-state index is 13.7. The molecule has 4 nitrogen and oxygen atoms in total. The molecule has 1 aromatic heterocycles. The summed E-state index contributed by atoms with van der Waals surface area (Å²) in [4.78, 5) is 26.0. The van der Waals surface area contributed by atoms with Gasteiger partial charge < -0.3 is 10.1 Å². The van der Waals surface area contributed by atoms with Gasteiger partial charge in [0.1, 0.15) is 10.7 Å². The number of hydrogen-bond donors (Lipinski definition) is 1. The lowest BCUT2D eigenvalue weighted by molar-refractivity contribution is -0.123. The molecule has 0 saturated carbocycles. The van der Waals surface area contributed by atoms with E-state index in [1.807, 2.05) is 6.07 Å². The van der Waals surface area contributed by atoms with Gasteiger partial charge in [0.15, 0.2) is 6.10 Å². The van der Waals surface area contributed by atoms with Gasteiger partial charge in [0.05, 0.1) is 5.69 Å². The number of benzene rings is 1. The van der Waals surface area contributed by atoms with Gasteiger partial charge in [0.2, 0.25) is 0 Å². The molecule has 1 aliphatic carbocycles. The number of nitrogens with one attached hydrogen (secondary N) is 1. The molecule has 7 heteroatoms. The van der Waals surface area contributed by atoms with Crippen LogP contribution in [0.25, 0.3) is 0 Å². The Bertz CT molecular complexity index is 784. The summed E-state index contributed by atoms with van der Waals surface area (Å²) < 4.78 is 19.5. The molecule has 3 rings (SSSR count). The van der Waals surface area contributed by atoms with Crippen molar-refractivity contribution < 1.29 is 18.7 Å². The molecule has 0 radical (unpaired) electrons.